The van der Waals surface area contributed by atoms with Gasteiger partial charge in [-0.2, -0.15) is 4.98 Å². The molecule has 1 aliphatic heterocycles. The number of carbonyl (C=O) groups is 1. The molecule has 0 radical (unpaired) electrons. The van der Waals surface area contributed by atoms with Crippen LogP contribution in [-0.4, -0.2) is 33.4 Å². The molecule has 2 heterocycles. The van der Waals surface area contributed by atoms with E-state index in [1.165, 1.54) is 5.56 Å². The monoisotopic (exact) mass is 405 g/mol. The van der Waals surface area contributed by atoms with Crippen LogP contribution in [0.25, 0.3) is 0 Å². The van der Waals surface area contributed by atoms with Crippen LogP contribution in [0, 0.1) is 0 Å². The van der Waals surface area contributed by atoms with Crippen LogP contribution >= 0.6 is 0 Å². The molecule has 1 aliphatic rings. The second-order valence-corrected chi connectivity index (χ2v) is 6.44. The number of benzene rings is 2. The third kappa shape index (κ3) is 5.32. The largest absolute Gasteiger partial charge is 0.494 e. The van der Waals surface area contributed by atoms with Crippen molar-refractivity contribution in [2.75, 3.05) is 17.7 Å². The first kappa shape index (κ1) is 20.8. The second kappa shape index (κ2) is 9.51. The minimum absolute atomic E-state index is 0.242. The van der Waals surface area contributed by atoms with E-state index in [0.29, 0.717) is 19.0 Å². The molecule has 30 heavy (non-hydrogen) atoms. The molecule has 0 bridgehead atoms. The number of rotatable bonds is 5. The number of anilines is 3. The van der Waals surface area contributed by atoms with Gasteiger partial charge in [0, 0.05) is 29.9 Å². The predicted molar refractivity (Wildman–Crippen MR) is 116 cm³/mol. The van der Waals surface area contributed by atoms with Crippen molar-refractivity contribution in [2.24, 2.45) is 4.99 Å². The summed E-state index contributed by atoms with van der Waals surface area (Å²) >= 11 is 0. The van der Waals surface area contributed by atoms with Gasteiger partial charge in [0.25, 0.3) is 5.97 Å². The van der Waals surface area contributed by atoms with Crippen molar-refractivity contribution in [3.8, 4) is 5.75 Å². The summed E-state index contributed by atoms with van der Waals surface area (Å²) in [5.74, 6) is 0.922. The lowest BCUT2D eigenvalue weighted by atomic mass is 9.99. The van der Waals surface area contributed by atoms with E-state index in [2.05, 4.69) is 33.5 Å². The Morgan fingerprint density at radius 2 is 2.03 bits per heavy atom. The van der Waals surface area contributed by atoms with Crippen LogP contribution in [0.2, 0.25) is 0 Å². The Morgan fingerprint density at radius 1 is 1.23 bits per heavy atom. The van der Waals surface area contributed by atoms with Gasteiger partial charge in [0.1, 0.15) is 11.6 Å². The number of hydrogen-bond acceptors (Lipinski definition) is 7. The number of nitrogens with one attached hydrogen (secondary N) is 1. The number of nitrogen functional groups attached to an aromatic ring is 1. The Balaban J connectivity index is 0.000000589. The van der Waals surface area contributed by atoms with Gasteiger partial charge < -0.3 is 20.9 Å². The highest BCUT2D eigenvalue weighted by atomic mass is 16.5. The number of nitrogens with two attached hydrogens (primary N) is 1. The van der Waals surface area contributed by atoms with E-state index in [1.54, 1.807) is 12.3 Å². The smallest absolute Gasteiger partial charge is 0.300 e. The van der Waals surface area contributed by atoms with Crippen molar-refractivity contribution in [1.82, 2.24) is 9.97 Å². The number of carboxylic acids is 1. The number of aromatic nitrogens is 2. The maximum Gasteiger partial charge on any atom is 0.300 e. The summed E-state index contributed by atoms with van der Waals surface area (Å²) in [5.41, 5.74) is 10.9. The minimum atomic E-state index is -0.833. The van der Waals surface area contributed by atoms with E-state index in [-0.39, 0.29) is 5.95 Å². The first-order chi connectivity index (χ1) is 14.5. The third-order valence-electron chi connectivity index (χ3n) is 4.14. The molecule has 0 aliphatic carbocycles. The van der Waals surface area contributed by atoms with E-state index < -0.39 is 5.97 Å². The molecule has 0 spiro atoms. The molecule has 2 aromatic carbocycles. The van der Waals surface area contributed by atoms with E-state index in [0.717, 1.165) is 35.2 Å². The molecule has 0 saturated carbocycles. The number of carboxylic acid groups (broad SMARTS) is 1. The quantitative estimate of drug-likeness (QED) is 0.592. The Bertz CT molecular complexity index is 1080. The Morgan fingerprint density at radius 3 is 2.77 bits per heavy atom. The van der Waals surface area contributed by atoms with Gasteiger partial charge in [-0.3, -0.25) is 9.79 Å². The maximum absolute atomic E-state index is 9.00. The summed E-state index contributed by atoms with van der Waals surface area (Å²) < 4.78 is 5.61. The van der Waals surface area contributed by atoms with Gasteiger partial charge in [-0.15, -0.1) is 0 Å². The Kier molecular flexibility index (Phi) is 6.59. The van der Waals surface area contributed by atoms with Crippen molar-refractivity contribution in [1.29, 1.82) is 0 Å². The van der Waals surface area contributed by atoms with E-state index in [4.69, 9.17) is 25.4 Å². The van der Waals surface area contributed by atoms with Crippen LogP contribution < -0.4 is 15.8 Å². The molecule has 1 aromatic heterocycles. The lowest BCUT2D eigenvalue weighted by molar-refractivity contribution is -0.134. The van der Waals surface area contributed by atoms with Crippen LogP contribution in [-0.2, 0) is 11.3 Å². The third-order valence-corrected chi connectivity index (χ3v) is 4.14. The topological polar surface area (TPSA) is 123 Å². The predicted octanol–water partition coefficient (Wildman–Crippen LogP) is 3.64. The Labute approximate surface area is 174 Å². The highest BCUT2D eigenvalue weighted by Crippen LogP contribution is 2.28. The van der Waals surface area contributed by atoms with Crippen LogP contribution in [0.1, 0.15) is 30.5 Å². The molecule has 3 aromatic rings. The highest BCUT2D eigenvalue weighted by Gasteiger charge is 2.18. The number of aliphatic imine (C=N–C) groups is 1. The number of hydrogen-bond donors (Lipinski definition) is 3. The number of ether oxygens (including phenoxy) is 1. The normalized spacial score (nSPS) is 11.6. The van der Waals surface area contributed by atoms with Crippen molar-refractivity contribution >= 4 is 29.1 Å². The fourth-order valence-electron chi connectivity index (χ4n) is 3.00. The molecule has 8 heteroatoms. The van der Waals surface area contributed by atoms with Crippen molar-refractivity contribution < 1.29 is 14.6 Å². The van der Waals surface area contributed by atoms with Crippen LogP contribution in [0.5, 0.6) is 5.75 Å². The first-order valence-corrected chi connectivity index (χ1v) is 9.42. The summed E-state index contributed by atoms with van der Waals surface area (Å²) in [4.78, 5) is 21.8. The SMILES string of the molecule is CC(=O)O.CCOc1cccc(C2=NCc3ccc(Nc4ccnc(N)n4)cc32)c1. The summed E-state index contributed by atoms with van der Waals surface area (Å²) in [6.07, 6.45) is 1.63. The fraction of sp³-hybridized carbons (Fsp3) is 0.182. The molecule has 4 N–H and O–H groups in total. The second-order valence-electron chi connectivity index (χ2n) is 6.44. The first-order valence-electron chi connectivity index (χ1n) is 9.42. The van der Waals surface area contributed by atoms with Crippen LogP contribution in [0.4, 0.5) is 17.5 Å². The molecule has 0 atom stereocenters. The average Bonchev–Trinajstić information content (AvgIpc) is 3.11. The van der Waals surface area contributed by atoms with Gasteiger partial charge in [-0.25, -0.2) is 4.98 Å². The summed E-state index contributed by atoms with van der Waals surface area (Å²) in [5, 5.41) is 10.7. The number of nitrogens with zero attached hydrogens (tertiary/aromatic N) is 3. The summed E-state index contributed by atoms with van der Waals surface area (Å²) in [6.45, 7) is 4.39. The zero-order valence-corrected chi connectivity index (χ0v) is 16.8. The lowest BCUT2D eigenvalue weighted by Gasteiger charge is -2.10. The molecular formula is C22H23N5O3. The van der Waals surface area contributed by atoms with Gasteiger partial charge in [-0.05, 0) is 42.8 Å². The van der Waals surface area contributed by atoms with Gasteiger partial charge in [0.15, 0.2) is 0 Å². The fourth-order valence-corrected chi connectivity index (χ4v) is 3.00. The molecule has 154 valence electrons. The molecular weight excluding hydrogens is 382 g/mol. The van der Waals surface area contributed by atoms with E-state index >= 15 is 0 Å². The molecule has 0 amide bonds. The van der Waals surface area contributed by atoms with Gasteiger partial charge in [-0.1, -0.05) is 18.2 Å². The molecule has 0 saturated heterocycles. The van der Waals surface area contributed by atoms with E-state index in [1.807, 2.05) is 31.2 Å². The van der Waals surface area contributed by atoms with Crippen molar-refractivity contribution in [2.45, 2.75) is 20.4 Å². The molecule has 0 unspecified atom stereocenters. The highest BCUT2D eigenvalue weighted by molar-refractivity contribution is 6.15. The summed E-state index contributed by atoms with van der Waals surface area (Å²) in [7, 11) is 0. The molecule has 0 fully saturated rings. The average molecular weight is 405 g/mol. The Hall–Kier alpha value is -3.94. The van der Waals surface area contributed by atoms with Gasteiger partial charge >= 0.3 is 0 Å². The van der Waals surface area contributed by atoms with Crippen LogP contribution in [0.15, 0.2) is 59.7 Å². The zero-order valence-electron chi connectivity index (χ0n) is 16.8. The van der Waals surface area contributed by atoms with Gasteiger partial charge in [0.05, 0.1) is 18.9 Å². The van der Waals surface area contributed by atoms with Crippen molar-refractivity contribution in [3.05, 3.63) is 71.4 Å². The standard InChI is InChI=1S/C20H19N5O.C2H4O2/c1-2-26-16-5-3-4-13(10-16)19-17-11-15(7-6-14(17)12-23-19)24-18-8-9-22-20(21)25-18;1-2(3)4/h3-11H,2,12H2,1H3,(H3,21,22,24,25);1H3,(H,3,4). The minimum Gasteiger partial charge on any atom is -0.494 e. The van der Waals surface area contributed by atoms with Crippen molar-refractivity contribution in [3.63, 3.8) is 0 Å². The number of fused-ring (bicyclic) bond motifs is 1. The maximum atomic E-state index is 9.00. The molecule has 8 nitrogen and oxygen atoms in total. The summed E-state index contributed by atoms with van der Waals surface area (Å²) in [6, 6.07) is 16.0. The van der Waals surface area contributed by atoms with Gasteiger partial charge in [0.2, 0.25) is 5.95 Å². The van der Waals surface area contributed by atoms with E-state index in [9.17, 15) is 0 Å². The zero-order chi connectivity index (χ0) is 21.5. The number of aliphatic carboxylic acids is 1. The van der Waals surface area contributed by atoms with Crippen LogP contribution in [0.3, 0.4) is 0 Å². The lowest BCUT2D eigenvalue weighted by Crippen LogP contribution is -2.04. The molecule has 4 rings (SSSR count).